The molecule has 0 spiro atoms. The number of piperazine rings is 1. The Hall–Kier alpha value is -2.40. The van der Waals surface area contributed by atoms with Gasteiger partial charge >= 0.3 is 0 Å². The third kappa shape index (κ3) is 5.15. The minimum Gasteiger partial charge on any atom is -0.354 e. The maximum atomic E-state index is 4.61. The largest absolute Gasteiger partial charge is 0.354 e. The second kappa shape index (κ2) is 9.88. The number of hydrogen-bond acceptors (Lipinski definition) is 5. The molecule has 0 aliphatic carbocycles. The fourth-order valence-corrected chi connectivity index (χ4v) is 4.46. The Bertz CT molecular complexity index is 783. The van der Waals surface area contributed by atoms with Gasteiger partial charge in [0.15, 0.2) is 0 Å². The van der Waals surface area contributed by atoms with Gasteiger partial charge in [0, 0.05) is 51.4 Å². The van der Waals surface area contributed by atoms with Gasteiger partial charge in [-0.05, 0) is 31.2 Å². The van der Waals surface area contributed by atoms with E-state index in [9.17, 15) is 0 Å². The summed E-state index contributed by atoms with van der Waals surface area (Å²) in [6.45, 7) is 8.59. The Morgan fingerprint density at radius 2 is 1.76 bits per heavy atom. The van der Waals surface area contributed by atoms with Gasteiger partial charge in [0.05, 0.1) is 0 Å². The van der Waals surface area contributed by atoms with Crippen LogP contribution >= 0.6 is 0 Å². The van der Waals surface area contributed by atoms with Crippen LogP contribution < -0.4 is 9.80 Å². The van der Waals surface area contributed by atoms with Crippen molar-refractivity contribution in [2.45, 2.75) is 38.6 Å². The van der Waals surface area contributed by atoms with E-state index in [0.29, 0.717) is 6.04 Å². The van der Waals surface area contributed by atoms with Gasteiger partial charge in [0.1, 0.15) is 18.0 Å². The van der Waals surface area contributed by atoms with E-state index >= 15 is 0 Å². The topological polar surface area (TPSA) is 35.5 Å². The molecule has 2 fully saturated rings. The molecular formula is C24H33N5. The summed E-state index contributed by atoms with van der Waals surface area (Å²) in [5, 5.41) is 0. The van der Waals surface area contributed by atoms with Gasteiger partial charge in [0.25, 0.3) is 0 Å². The van der Waals surface area contributed by atoms with Crippen molar-refractivity contribution >= 4 is 17.7 Å². The van der Waals surface area contributed by atoms with Gasteiger partial charge < -0.3 is 9.80 Å². The zero-order valence-corrected chi connectivity index (χ0v) is 17.6. The molecule has 154 valence electrons. The molecule has 1 aromatic heterocycles. The first-order valence-corrected chi connectivity index (χ1v) is 11.1. The molecule has 1 aromatic carbocycles. The number of piperidine rings is 1. The van der Waals surface area contributed by atoms with E-state index in [1.165, 1.54) is 31.2 Å². The highest BCUT2D eigenvalue weighted by atomic mass is 15.3. The monoisotopic (exact) mass is 391 g/mol. The molecule has 0 bridgehead atoms. The molecule has 5 heteroatoms. The Morgan fingerprint density at radius 1 is 0.966 bits per heavy atom. The molecule has 3 heterocycles. The number of rotatable bonds is 6. The lowest BCUT2D eigenvalue weighted by Gasteiger charge is -2.37. The molecule has 2 saturated heterocycles. The molecule has 2 aliphatic heterocycles. The maximum Gasteiger partial charge on any atom is 0.134 e. The molecule has 0 N–H and O–H groups in total. The van der Waals surface area contributed by atoms with Crippen LogP contribution in [0.4, 0.5) is 11.6 Å². The van der Waals surface area contributed by atoms with Gasteiger partial charge in [-0.3, -0.25) is 4.90 Å². The zero-order valence-electron chi connectivity index (χ0n) is 17.6. The smallest absolute Gasteiger partial charge is 0.134 e. The van der Waals surface area contributed by atoms with E-state index in [2.05, 4.69) is 80.1 Å². The predicted molar refractivity (Wildman–Crippen MR) is 121 cm³/mol. The van der Waals surface area contributed by atoms with Crippen LogP contribution in [0.25, 0.3) is 6.08 Å². The highest BCUT2D eigenvalue weighted by molar-refractivity contribution is 5.51. The van der Waals surface area contributed by atoms with Crippen LogP contribution in [0.15, 0.2) is 48.8 Å². The number of anilines is 2. The van der Waals surface area contributed by atoms with Crippen LogP contribution in [0.1, 0.15) is 38.2 Å². The molecule has 2 aliphatic rings. The average molecular weight is 392 g/mol. The van der Waals surface area contributed by atoms with Crippen molar-refractivity contribution in [3.05, 3.63) is 54.4 Å². The van der Waals surface area contributed by atoms with Crippen LogP contribution in [-0.4, -0.2) is 60.2 Å². The van der Waals surface area contributed by atoms with Crippen LogP contribution in [0.5, 0.6) is 0 Å². The normalized spacial score (nSPS) is 21.1. The average Bonchev–Trinajstić information content (AvgIpc) is 2.80. The summed E-state index contributed by atoms with van der Waals surface area (Å²) in [4.78, 5) is 16.6. The van der Waals surface area contributed by atoms with Crippen LogP contribution in [0, 0.1) is 0 Å². The first-order valence-electron chi connectivity index (χ1n) is 11.1. The Morgan fingerprint density at radius 3 is 2.55 bits per heavy atom. The van der Waals surface area contributed by atoms with Crippen molar-refractivity contribution in [3.63, 3.8) is 0 Å². The third-order valence-electron chi connectivity index (χ3n) is 6.20. The maximum absolute atomic E-state index is 4.61. The van der Waals surface area contributed by atoms with Gasteiger partial charge in [-0.25, -0.2) is 9.97 Å². The van der Waals surface area contributed by atoms with Crippen LogP contribution in [0.2, 0.25) is 0 Å². The first-order chi connectivity index (χ1) is 14.3. The Balaban J connectivity index is 1.32. The highest BCUT2D eigenvalue weighted by Crippen LogP contribution is 2.27. The molecule has 2 aromatic rings. The lowest BCUT2D eigenvalue weighted by atomic mass is 10.00. The van der Waals surface area contributed by atoms with E-state index in [1.807, 2.05) is 0 Å². The van der Waals surface area contributed by atoms with E-state index < -0.39 is 0 Å². The molecule has 5 nitrogen and oxygen atoms in total. The van der Waals surface area contributed by atoms with Crippen LogP contribution in [0.3, 0.4) is 0 Å². The van der Waals surface area contributed by atoms with Gasteiger partial charge in [-0.2, -0.15) is 0 Å². The summed E-state index contributed by atoms with van der Waals surface area (Å²) in [6.07, 6.45) is 11.3. The summed E-state index contributed by atoms with van der Waals surface area (Å²) < 4.78 is 0. The number of nitrogens with zero attached hydrogens (tertiary/aromatic N) is 5. The lowest BCUT2D eigenvalue weighted by molar-refractivity contribution is 0.283. The van der Waals surface area contributed by atoms with Crippen molar-refractivity contribution in [1.82, 2.24) is 14.9 Å². The minimum absolute atomic E-state index is 0.625. The molecule has 1 atom stereocenters. The Kier molecular flexibility index (Phi) is 6.78. The molecule has 0 radical (unpaired) electrons. The van der Waals surface area contributed by atoms with Crippen molar-refractivity contribution in [1.29, 1.82) is 0 Å². The standard InChI is InChI=1S/C24H33N5/c1-2-22-12-6-7-14-29(22)24-19-23(25-20-26-24)28-17-15-27(16-18-28)13-8-11-21-9-4-3-5-10-21/h3-5,8-11,19-20,22H,2,6-7,12-18H2,1H3/b11-8+. The molecule has 0 amide bonds. The van der Waals surface area contributed by atoms with Crippen molar-refractivity contribution in [3.8, 4) is 0 Å². The van der Waals surface area contributed by atoms with Crippen LogP contribution in [-0.2, 0) is 0 Å². The number of benzene rings is 1. The molecule has 1 unspecified atom stereocenters. The lowest BCUT2D eigenvalue weighted by Crippen LogP contribution is -2.46. The second-order valence-electron chi connectivity index (χ2n) is 8.09. The van der Waals surface area contributed by atoms with E-state index in [-0.39, 0.29) is 0 Å². The SMILES string of the molecule is CCC1CCCCN1c1cc(N2CCN(C/C=C/c3ccccc3)CC2)ncn1. The van der Waals surface area contributed by atoms with Gasteiger partial charge in [-0.15, -0.1) is 0 Å². The third-order valence-corrected chi connectivity index (χ3v) is 6.20. The quantitative estimate of drug-likeness (QED) is 0.741. The Labute approximate surface area is 175 Å². The van der Waals surface area contributed by atoms with E-state index in [4.69, 9.17) is 0 Å². The predicted octanol–water partition coefficient (Wildman–Crippen LogP) is 4.08. The summed E-state index contributed by atoms with van der Waals surface area (Å²) in [7, 11) is 0. The number of aromatic nitrogens is 2. The number of hydrogen-bond donors (Lipinski definition) is 0. The summed E-state index contributed by atoms with van der Waals surface area (Å²) in [6, 6.07) is 13.3. The van der Waals surface area contributed by atoms with Crippen molar-refractivity contribution < 1.29 is 0 Å². The molecule has 0 saturated carbocycles. The summed E-state index contributed by atoms with van der Waals surface area (Å²) in [5.41, 5.74) is 1.27. The molecule has 4 rings (SSSR count). The molecule has 29 heavy (non-hydrogen) atoms. The van der Waals surface area contributed by atoms with Gasteiger partial charge in [0.2, 0.25) is 0 Å². The minimum atomic E-state index is 0.625. The second-order valence-corrected chi connectivity index (χ2v) is 8.09. The summed E-state index contributed by atoms with van der Waals surface area (Å²) >= 11 is 0. The zero-order chi connectivity index (χ0) is 19.9. The highest BCUT2D eigenvalue weighted by Gasteiger charge is 2.24. The van der Waals surface area contributed by atoms with Crippen molar-refractivity contribution in [2.75, 3.05) is 49.1 Å². The molecular weight excluding hydrogens is 358 g/mol. The van der Waals surface area contributed by atoms with Crippen molar-refractivity contribution in [2.24, 2.45) is 0 Å². The van der Waals surface area contributed by atoms with E-state index in [0.717, 1.165) is 50.9 Å². The summed E-state index contributed by atoms with van der Waals surface area (Å²) in [5.74, 6) is 2.18. The van der Waals surface area contributed by atoms with E-state index in [1.54, 1.807) is 6.33 Å². The fraction of sp³-hybridized carbons (Fsp3) is 0.500. The fourth-order valence-electron chi connectivity index (χ4n) is 4.46. The first kappa shape index (κ1) is 19.9. The van der Waals surface area contributed by atoms with Gasteiger partial charge in [-0.1, -0.05) is 49.4 Å².